The zero-order valence-corrected chi connectivity index (χ0v) is 15.6. The van der Waals surface area contributed by atoms with Crippen LogP contribution in [0.1, 0.15) is 37.3 Å². The van der Waals surface area contributed by atoms with Crippen LogP contribution in [0.15, 0.2) is 24.3 Å². The van der Waals surface area contributed by atoms with Crippen molar-refractivity contribution in [2.45, 2.75) is 31.7 Å². The Kier molecular flexibility index (Phi) is 6.14. The van der Waals surface area contributed by atoms with Gasteiger partial charge in [0.25, 0.3) is 0 Å². The van der Waals surface area contributed by atoms with Crippen LogP contribution in [-0.2, 0) is 14.3 Å². The molecule has 2 aliphatic rings. The number of benzene rings is 1. The molecule has 0 radical (unpaired) electrons. The molecule has 142 valence electrons. The van der Waals surface area contributed by atoms with E-state index in [1.165, 1.54) is 0 Å². The highest BCUT2D eigenvalue weighted by atomic mass is 16.5. The second-order valence-corrected chi connectivity index (χ2v) is 6.98. The highest BCUT2D eigenvalue weighted by molar-refractivity contribution is 5.85. The lowest BCUT2D eigenvalue weighted by Gasteiger charge is -2.42. The summed E-state index contributed by atoms with van der Waals surface area (Å²) in [5, 5.41) is 0. The summed E-state index contributed by atoms with van der Waals surface area (Å²) in [6, 6.07) is 7.45. The number of carbonyl (C=O) groups is 2. The molecule has 1 aromatic carbocycles. The van der Waals surface area contributed by atoms with Crippen LogP contribution in [0.2, 0.25) is 0 Å². The van der Waals surface area contributed by atoms with Crippen LogP contribution in [0.5, 0.6) is 5.75 Å². The molecule has 2 aliphatic heterocycles. The summed E-state index contributed by atoms with van der Waals surface area (Å²) < 4.78 is 10.6. The Morgan fingerprint density at radius 1 is 1.23 bits per heavy atom. The van der Waals surface area contributed by atoms with Gasteiger partial charge in [-0.05, 0) is 37.0 Å². The SMILES string of the molecule is COCCN1C(=O)CC[C@@H](C(=O)N2CCCC2)[C@@H]1c1cccc(OC)c1. The first-order chi connectivity index (χ1) is 12.7. The van der Waals surface area contributed by atoms with Gasteiger partial charge in [-0.15, -0.1) is 0 Å². The van der Waals surface area contributed by atoms with Crippen LogP contribution in [0.4, 0.5) is 0 Å². The number of hydrogen-bond acceptors (Lipinski definition) is 4. The summed E-state index contributed by atoms with van der Waals surface area (Å²) in [7, 11) is 3.25. The number of methoxy groups -OCH3 is 2. The van der Waals surface area contributed by atoms with Crippen LogP contribution in [0.25, 0.3) is 0 Å². The van der Waals surface area contributed by atoms with Gasteiger partial charge in [-0.1, -0.05) is 12.1 Å². The second kappa shape index (κ2) is 8.54. The first-order valence-electron chi connectivity index (χ1n) is 9.37. The monoisotopic (exact) mass is 360 g/mol. The van der Waals surface area contributed by atoms with E-state index >= 15 is 0 Å². The lowest BCUT2D eigenvalue weighted by Crippen LogP contribution is -2.49. The largest absolute Gasteiger partial charge is 0.497 e. The first-order valence-corrected chi connectivity index (χ1v) is 9.37. The minimum atomic E-state index is -0.269. The number of amides is 2. The molecular weight excluding hydrogens is 332 g/mol. The minimum Gasteiger partial charge on any atom is -0.497 e. The van der Waals surface area contributed by atoms with Gasteiger partial charge in [-0.3, -0.25) is 9.59 Å². The fraction of sp³-hybridized carbons (Fsp3) is 0.600. The Morgan fingerprint density at radius 3 is 2.69 bits per heavy atom. The van der Waals surface area contributed by atoms with Crippen LogP contribution < -0.4 is 4.74 Å². The molecule has 2 amide bonds. The number of hydrogen-bond donors (Lipinski definition) is 0. The summed E-state index contributed by atoms with van der Waals surface area (Å²) >= 11 is 0. The van der Waals surface area contributed by atoms with E-state index in [-0.39, 0.29) is 23.8 Å². The predicted octanol–water partition coefficient (Wildman–Crippen LogP) is 2.24. The third-order valence-electron chi connectivity index (χ3n) is 5.41. The topological polar surface area (TPSA) is 59.1 Å². The number of carbonyl (C=O) groups excluding carboxylic acids is 2. The van der Waals surface area contributed by atoms with E-state index < -0.39 is 0 Å². The van der Waals surface area contributed by atoms with Crippen LogP contribution in [0, 0.1) is 5.92 Å². The minimum absolute atomic E-state index is 0.0836. The molecule has 0 bridgehead atoms. The standard InChI is InChI=1S/C20H28N2O4/c1-25-13-12-22-18(23)9-8-17(20(24)21-10-3-4-11-21)19(22)15-6-5-7-16(14-15)26-2/h5-7,14,17,19H,3-4,8-13H2,1-2H3/t17-,19+/m1/s1. The van der Waals surface area contributed by atoms with E-state index in [0.717, 1.165) is 37.2 Å². The maximum absolute atomic E-state index is 13.2. The molecule has 0 saturated carbocycles. The third kappa shape index (κ3) is 3.85. The zero-order valence-electron chi connectivity index (χ0n) is 15.6. The molecule has 3 rings (SSSR count). The number of rotatable bonds is 6. The van der Waals surface area contributed by atoms with Crippen molar-refractivity contribution in [1.82, 2.24) is 9.80 Å². The summed E-state index contributed by atoms with van der Waals surface area (Å²) in [5.74, 6) is 0.778. The van der Waals surface area contributed by atoms with E-state index in [1.807, 2.05) is 34.1 Å². The van der Waals surface area contributed by atoms with E-state index in [9.17, 15) is 9.59 Å². The molecule has 26 heavy (non-hydrogen) atoms. The lowest BCUT2D eigenvalue weighted by atomic mass is 9.83. The fourth-order valence-corrected chi connectivity index (χ4v) is 4.07. The Bertz CT molecular complexity index is 642. The van der Waals surface area contributed by atoms with Crippen molar-refractivity contribution in [3.05, 3.63) is 29.8 Å². The van der Waals surface area contributed by atoms with Crippen molar-refractivity contribution in [2.75, 3.05) is 40.5 Å². The van der Waals surface area contributed by atoms with Crippen molar-refractivity contribution in [1.29, 1.82) is 0 Å². The smallest absolute Gasteiger partial charge is 0.228 e. The number of ether oxygens (including phenoxy) is 2. The maximum atomic E-state index is 13.2. The molecular formula is C20H28N2O4. The van der Waals surface area contributed by atoms with Crippen molar-refractivity contribution >= 4 is 11.8 Å². The van der Waals surface area contributed by atoms with Gasteiger partial charge in [-0.25, -0.2) is 0 Å². The van der Waals surface area contributed by atoms with Gasteiger partial charge in [0.2, 0.25) is 11.8 Å². The molecule has 6 nitrogen and oxygen atoms in total. The first kappa shape index (κ1) is 18.7. The van der Waals surface area contributed by atoms with Crippen molar-refractivity contribution in [2.24, 2.45) is 5.92 Å². The van der Waals surface area contributed by atoms with E-state index in [4.69, 9.17) is 9.47 Å². The van der Waals surface area contributed by atoms with Crippen LogP contribution in [0.3, 0.4) is 0 Å². The number of piperidine rings is 1. The number of nitrogens with zero attached hydrogens (tertiary/aromatic N) is 2. The molecule has 0 unspecified atom stereocenters. The molecule has 0 aliphatic carbocycles. The Morgan fingerprint density at radius 2 is 2.00 bits per heavy atom. The average molecular weight is 360 g/mol. The molecule has 2 heterocycles. The molecule has 1 aromatic rings. The van der Waals surface area contributed by atoms with Gasteiger partial charge in [0.15, 0.2) is 0 Å². The van der Waals surface area contributed by atoms with Gasteiger partial charge in [0.1, 0.15) is 5.75 Å². The van der Waals surface area contributed by atoms with Gasteiger partial charge < -0.3 is 19.3 Å². The van der Waals surface area contributed by atoms with Crippen molar-refractivity contribution in [3.63, 3.8) is 0 Å². The Balaban J connectivity index is 1.94. The number of likely N-dealkylation sites (tertiary alicyclic amines) is 2. The zero-order chi connectivity index (χ0) is 18.5. The summed E-state index contributed by atoms with van der Waals surface area (Å²) in [6.07, 6.45) is 3.14. The third-order valence-corrected chi connectivity index (χ3v) is 5.41. The van der Waals surface area contributed by atoms with E-state index in [0.29, 0.717) is 26.0 Å². The second-order valence-electron chi connectivity index (χ2n) is 6.98. The molecule has 0 N–H and O–H groups in total. The summed E-state index contributed by atoms with van der Waals surface area (Å²) in [4.78, 5) is 29.6. The normalized spacial score (nSPS) is 23.4. The summed E-state index contributed by atoms with van der Waals surface area (Å²) in [5.41, 5.74) is 0.950. The van der Waals surface area contributed by atoms with Gasteiger partial charge in [-0.2, -0.15) is 0 Å². The summed E-state index contributed by atoms with van der Waals surface area (Å²) in [6.45, 7) is 2.59. The fourth-order valence-electron chi connectivity index (χ4n) is 4.07. The van der Waals surface area contributed by atoms with E-state index in [2.05, 4.69) is 0 Å². The molecule has 0 aromatic heterocycles. The quantitative estimate of drug-likeness (QED) is 0.781. The molecule has 2 atom stereocenters. The molecule has 0 spiro atoms. The highest BCUT2D eigenvalue weighted by Crippen LogP contribution is 2.39. The van der Waals surface area contributed by atoms with Gasteiger partial charge in [0.05, 0.1) is 25.7 Å². The highest BCUT2D eigenvalue weighted by Gasteiger charge is 2.42. The van der Waals surface area contributed by atoms with Crippen LogP contribution >= 0.6 is 0 Å². The lowest BCUT2D eigenvalue weighted by molar-refractivity contribution is -0.148. The van der Waals surface area contributed by atoms with Gasteiger partial charge in [0, 0.05) is 33.2 Å². The van der Waals surface area contributed by atoms with Crippen molar-refractivity contribution < 1.29 is 19.1 Å². The van der Waals surface area contributed by atoms with Crippen LogP contribution in [-0.4, -0.2) is 62.1 Å². The molecule has 2 saturated heterocycles. The predicted molar refractivity (Wildman–Crippen MR) is 97.9 cm³/mol. The maximum Gasteiger partial charge on any atom is 0.228 e. The van der Waals surface area contributed by atoms with Crippen molar-refractivity contribution in [3.8, 4) is 5.75 Å². The Labute approximate surface area is 155 Å². The van der Waals surface area contributed by atoms with Gasteiger partial charge >= 0.3 is 0 Å². The molecule has 2 fully saturated rings. The molecule has 6 heteroatoms. The Hall–Kier alpha value is -2.08. The van der Waals surface area contributed by atoms with E-state index in [1.54, 1.807) is 14.2 Å². The average Bonchev–Trinajstić information content (AvgIpc) is 3.21.